The quantitative estimate of drug-likeness (QED) is 0.354. The van der Waals surface area contributed by atoms with E-state index in [0.29, 0.717) is 46.7 Å². The standard InChI is InChI=1S/C26H21N3O4/c1-17-27-23-9-3-2-8-22(23)25(31)29(17)19-13-11-18(12-14-19)26(32)33-21-7-4-6-20(16-21)28-15-5-10-24(28)30/h2-4,6-9,11-14,16H,5,10,15H2,1H3. The molecule has 0 unspecified atom stereocenters. The second-order valence-corrected chi connectivity index (χ2v) is 7.90. The summed E-state index contributed by atoms with van der Waals surface area (Å²) < 4.78 is 7.05. The van der Waals surface area contributed by atoms with Crippen molar-refractivity contribution in [2.75, 3.05) is 11.4 Å². The van der Waals surface area contributed by atoms with Crippen LogP contribution >= 0.6 is 0 Å². The van der Waals surface area contributed by atoms with Gasteiger partial charge < -0.3 is 9.64 Å². The summed E-state index contributed by atoms with van der Waals surface area (Å²) in [6, 6.07) is 20.8. The molecule has 1 fully saturated rings. The number of aryl methyl sites for hydroxylation is 1. The number of ether oxygens (including phenoxy) is 1. The molecule has 7 nitrogen and oxygen atoms in total. The number of carbonyl (C=O) groups is 2. The summed E-state index contributed by atoms with van der Waals surface area (Å²) in [6.45, 7) is 2.44. The molecule has 1 aliphatic heterocycles. The highest BCUT2D eigenvalue weighted by atomic mass is 16.5. The molecule has 0 N–H and O–H groups in total. The van der Waals surface area contributed by atoms with E-state index in [2.05, 4.69) is 4.98 Å². The van der Waals surface area contributed by atoms with Gasteiger partial charge >= 0.3 is 5.97 Å². The number of fused-ring (bicyclic) bond motifs is 1. The van der Waals surface area contributed by atoms with Crippen LogP contribution in [0.15, 0.2) is 77.6 Å². The first-order valence-corrected chi connectivity index (χ1v) is 10.7. The molecular formula is C26H21N3O4. The maximum Gasteiger partial charge on any atom is 0.343 e. The van der Waals surface area contributed by atoms with E-state index in [1.807, 2.05) is 18.2 Å². The minimum Gasteiger partial charge on any atom is -0.423 e. The van der Waals surface area contributed by atoms with E-state index >= 15 is 0 Å². The van der Waals surface area contributed by atoms with E-state index in [1.165, 1.54) is 4.57 Å². The van der Waals surface area contributed by atoms with Gasteiger partial charge in [-0.25, -0.2) is 9.78 Å². The summed E-state index contributed by atoms with van der Waals surface area (Å²) in [7, 11) is 0. The van der Waals surface area contributed by atoms with Crippen molar-refractivity contribution in [2.45, 2.75) is 19.8 Å². The average molecular weight is 439 g/mol. The van der Waals surface area contributed by atoms with Crippen molar-refractivity contribution >= 4 is 28.5 Å². The summed E-state index contributed by atoms with van der Waals surface area (Å²) in [6.07, 6.45) is 1.36. The second kappa shape index (κ2) is 8.35. The summed E-state index contributed by atoms with van der Waals surface area (Å²) in [5.41, 5.74) is 2.16. The third-order valence-electron chi connectivity index (χ3n) is 5.72. The number of carbonyl (C=O) groups excluding carboxylic acids is 2. The first-order valence-electron chi connectivity index (χ1n) is 10.7. The fourth-order valence-electron chi connectivity index (χ4n) is 4.10. The number of amides is 1. The smallest absolute Gasteiger partial charge is 0.343 e. The Morgan fingerprint density at radius 3 is 2.48 bits per heavy atom. The Morgan fingerprint density at radius 1 is 0.939 bits per heavy atom. The zero-order valence-corrected chi connectivity index (χ0v) is 18.0. The van der Waals surface area contributed by atoms with Crippen molar-refractivity contribution in [1.29, 1.82) is 0 Å². The van der Waals surface area contributed by atoms with Crippen LogP contribution in [-0.4, -0.2) is 28.0 Å². The van der Waals surface area contributed by atoms with Gasteiger partial charge in [0.25, 0.3) is 5.56 Å². The minimum atomic E-state index is -0.521. The number of benzene rings is 3. The van der Waals surface area contributed by atoms with E-state index < -0.39 is 5.97 Å². The molecule has 5 rings (SSSR count). The van der Waals surface area contributed by atoms with E-state index in [1.54, 1.807) is 66.4 Å². The second-order valence-electron chi connectivity index (χ2n) is 7.90. The molecule has 1 aliphatic rings. The molecule has 4 aromatic rings. The fraction of sp³-hybridized carbons (Fsp3) is 0.154. The van der Waals surface area contributed by atoms with Crippen molar-refractivity contribution in [3.05, 3.63) is 94.5 Å². The predicted octanol–water partition coefficient (Wildman–Crippen LogP) is 4.04. The van der Waals surface area contributed by atoms with Crippen molar-refractivity contribution in [3.8, 4) is 11.4 Å². The Labute approximate surface area is 189 Å². The van der Waals surface area contributed by atoms with Crippen LogP contribution in [0.2, 0.25) is 0 Å². The topological polar surface area (TPSA) is 81.5 Å². The van der Waals surface area contributed by atoms with Crippen LogP contribution in [0.25, 0.3) is 16.6 Å². The number of esters is 1. The molecule has 2 heterocycles. The van der Waals surface area contributed by atoms with Crippen LogP contribution in [0.4, 0.5) is 5.69 Å². The van der Waals surface area contributed by atoms with Gasteiger partial charge in [0.1, 0.15) is 11.6 Å². The number of para-hydroxylation sites is 1. The molecule has 33 heavy (non-hydrogen) atoms. The molecule has 1 saturated heterocycles. The van der Waals surface area contributed by atoms with Gasteiger partial charge in [0.15, 0.2) is 0 Å². The minimum absolute atomic E-state index is 0.0720. The highest BCUT2D eigenvalue weighted by Gasteiger charge is 2.22. The maximum absolute atomic E-state index is 13.0. The van der Waals surface area contributed by atoms with Crippen LogP contribution in [0.5, 0.6) is 5.75 Å². The normalized spacial score (nSPS) is 13.5. The Morgan fingerprint density at radius 2 is 1.73 bits per heavy atom. The number of rotatable bonds is 4. The highest BCUT2D eigenvalue weighted by Crippen LogP contribution is 2.26. The molecule has 0 bridgehead atoms. The number of nitrogens with zero attached hydrogens (tertiary/aromatic N) is 3. The number of hydrogen-bond donors (Lipinski definition) is 0. The monoisotopic (exact) mass is 439 g/mol. The average Bonchev–Trinajstić information content (AvgIpc) is 3.25. The lowest BCUT2D eigenvalue weighted by molar-refractivity contribution is -0.117. The van der Waals surface area contributed by atoms with Crippen molar-refractivity contribution in [2.24, 2.45) is 0 Å². The van der Waals surface area contributed by atoms with Crippen LogP contribution in [0, 0.1) is 6.92 Å². The summed E-state index contributed by atoms with van der Waals surface area (Å²) in [5, 5.41) is 0.531. The van der Waals surface area contributed by atoms with Gasteiger partial charge in [-0.05, 0) is 61.9 Å². The molecule has 7 heteroatoms. The zero-order chi connectivity index (χ0) is 22.9. The van der Waals surface area contributed by atoms with Crippen molar-refractivity contribution in [1.82, 2.24) is 9.55 Å². The van der Waals surface area contributed by atoms with Gasteiger partial charge in [0, 0.05) is 24.7 Å². The van der Waals surface area contributed by atoms with Crippen LogP contribution in [0.1, 0.15) is 29.0 Å². The lowest BCUT2D eigenvalue weighted by Crippen LogP contribution is -2.23. The predicted molar refractivity (Wildman–Crippen MR) is 125 cm³/mol. The molecule has 1 amide bonds. The maximum atomic E-state index is 13.0. The summed E-state index contributed by atoms with van der Waals surface area (Å²) in [5.74, 6) is 0.476. The molecule has 0 radical (unpaired) electrons. The van der Waals surface area contributed by atoms with E-state index in [0.717, 1.165) is 12.1 Å². The Hall–Kier alpha value is -4.26. The number of hydrogen-bond acceptors (Lipinski definition) is 5. The SMILES string of the molecule is Cc1nc2ccccc2c(=O)n1-c1ccc(C(=O)Oc2cccc(N3CCCC3=O)c2)cc1. The van der Waals surface area contributed by atoms with Crippen molar-refractivity contribution < 1.29 is 14.3 Å². The van der Waals surface area contributed by atoms with Gasteiger partial charge in [-0.15, -0.1) is 0 Å². The first-order chi connectivity index (χ1) is 16.0. The number of anilines is 1. The molecule has 0 spiro atoms. The van der Waals surface area contributed by atoms with E-state index in [-0.39, 0.29) is 11.5 Å². The largest absolute Gasteiger partial charge is 0.423 e. The molecule has 0 aliphatic carbocycles. The Balaban J connectivity index is 1.38. The highest BCUT2D eigenvalue weighted by molar-refractivity contribution is 5.96. The van der Waals surface area contributed by atoms with Crippen LogP contribution in [-0.2, 0) is 4.79 Å². The third-order valence-corrected chi connectivity index (χ3v) is 5.72. The van der Waals surface area contributed by atoms with Crippen LogP contribution < -0.4 is 15.2 Å². The molecule has 164 valence electrons. The Bertz CT molecular complexity index is 1440. The Kier molecular flexibility index (Phi) is 5.22. The molecule has 1 aromatic heterocycles. The third kappa shape index (κ3) is 3.89. The molecular weight excluding hydrogens is 418 g/mol. The summed E-state index contributed by atoms with van der Waals surface area (Å²) >= 11 is 0. The first kappa shape index (κ1) is 20.6. The van der Waals surface area contributed by atoms with E-state index in [4.69, 9.17) is 4.74 Å². The van der Waals surface area contributed by atoms with Gasteiger partial charge in [-0.3, -0.25) is 14.2 Å². The van der Waals surface area contributed by atoms with E-state index in [9.17, 15) is 14.4 Å². The lowest BCUT2D eigenvalue weighted by atomic mass is 10.2. The molecule has 3 aromatic carbocycles. The van der Waals surface area contributed by atoms with Gasteiger partial charge in [-0.1, -0.05) is 18.2 Å². The number of aromatic nitrogens is 2. The van der Waals surface area contributed by atoms with Gasteiger partial charge in [0.05, 0.1) is 22.2 Å². The fourth-order valence-corrected chi connectivity index (χ4v) is 4.10. The van der Waals surface area contributed by atoms with Crippen molar-refractivity contribution in [3.63, 3.8) is 0 Å². The zero-order valence-electron chi connectivity index (χ0n) is 18.0. The summed E-state index contributed by atoms with van der Waals surface area (Å²) in [4.78, 5) is 43.9. The van der Waals surface area contributed by atoms with Gasteiger partial charge in [0.2, 0.25) is 5.91 Å². The van der Waals surface area contributed by atoms with Gasteiger partial charge in [-0.2, -0.15) is 0 Å². The molecule has 0 atom stereocenters. The lowest BCUT2D eigenvalue weighted by Gasteiger charge is -2.16. The van der Waals surface area contributed by atoms with Crippen LogP contribution in [0.3, 0.4) is 0 Å². The molecule has 0 saturated carbocycles.